The van der Waals surface area contributed by atoms with Crippen molar-refractivity contribution in [2.24, 2.45) is 0 Å². The summed E-state index contributed by atoms with van der Waals surface area (Å²) in [5.74, 6) is 3.29. The van der Waals surface area contributed by atoms with Crippen molar-refractivity contribution in [2.75, 3.05) is 13.6 Å². The molecule has 0 saturated heterocycles. The molecule has 0 atom stereocenters. The van der Waals surface area contributed by atoms with Gasteiger partial charge < -0.3 is 18.9 Å². The van der Waals surface area contributed by atoms with Crippen molar-refractivity contribution in [1.82, 2.24) is 0 Å². The second-order valence-electron chi connectivity index (χ2n) is 8.07. The van der Waals surface area contributed by atoms with E-state index in [0.29, 0.717) is 0 Å². The number of benzene rings is 4. The predicted molar refractivity (Wildman–Crippen MR) is 151 cm³/mol. The maximum atomic E-state index is 5.47. The minimum Gasteiger partial charge on any atom is -0.458 e. The lowest BCUT2D eigenvalue weighted by Crippen LogP contribution is -2.05. The van der Waals surface area contributed by atoms with Gasteiger partial charge in [-0.25, -0.2) is 0 Å². The molecule has 0 unspecified atom stereocenters. The fourth-order valence-electron chi connectivity index (χ4n) is 2.87. The van der Waals surface area contributed by atoms with E-state index in [4.69, 9.17) is 18.9 Å². The Bertz CT molecular complexity index is 928. The lowest BCUT2D eigenvalue weighted by atomic mass is 10.2. The van der Waals surface area contributed by atoms with Crippen LogP contribution in [0.2, 0.25) is 0 Å². The van der Waals surface area contributed by atoms with Gasteiger partial charge in [-0.05, 0) is 76.2 Å². The van der Waals surface area contributed by atoms with Crippen molar-refractivity contribution in [1.29, 1.82) is 0 Å². The van der Waals surface area contributed by atoms with E-state index in [1.807, 2.05) is 125 Å². The second-order valence-corrected chi connectivity index (χ2v) is 8.07. The molecule has 0 fully saturated rings. The third kappa shape index (κ3) is 11.4. The standard InChI is InChI=1S/2C15H16O2.2ClH/c2*1-12-3-7-14(8-4-12)16-11-17-15-9-5-13(2)6-10-15;;/h2*3-10H,11H2,1-2H3;2*1H. The number of hydrogen-bond donors (Lipinski definition) is 0. The van der Waals surface area contributed by atoms with Crippen molar-refractivity contribution in [2.45, 2.75) is 27.7 Å². The van der Waals surface area contributed by atoms with E-state index in [0.717, 1.165) is 23.0 Å². The molecule has 4 rings (SSSR count). The summed E-state index contributed by atoms with van der Waals surface area (Å²) in [6, 6.07) is 31.6. The molecule has 0 N–H and O–H groups in total. The first-order valence-corrected chi connectivity index (χ1v) is 11.3. The Hall–Kier alpha value is -3.34. The van der Waals surface area contributed by atoms with Crippen LogP contribution in [0.3, 0.4) is 0 Å². The van der Waals surface area contributed by atoms with Crippen LogP contribution in [0.25, 0.3) is 0 Å². The Labute approximate surface area is 227 Å². The van der Waals surface area contributed by atoms with Crippen LogP contribution in [0, 0.1) is 27.7 Å². The number of rotatable bonds is 8. The SMILES string of the molecule is Cc1ccc(OCOc2ccc(C)cc2)cc1.Cc1ccc(OCOc2ccc(C)cc2)cc1.Cl.Cl. The van der Waals surface area contributed by atoms with Crippen LogP contribution >= 0.6 is 24.8 Å². The van der Waals surface area contributed by atoms with E-state index >= 15 is 0 Å². The lowest BCUT2D eigenvalue weighted by molar-refractivity contribution is 0.119. The molecule has 0 saturated carbocycles. The highest BCUT2D eigenvalue weighted by atomic mass is 35.5. The molecular weight excluding hydrogens is 495 g/mol. The largest absolute Gasteiger partial charge is 0.458 e. The highest BCUT2D eigenvalue weighted by Crippen LogP contribution is 2.15. The molecule has 6 heteroatoms. The number of hydrogen-bond acceptors (Lipinski definition) is 4. The summed E-state index contributed by atoms with van der Waals surface area (Å²) in [5, 5.41) is 0. The highest BCUT2D eigenvalue weighted by molar-refractivity contribution is 5.85. The molecule has 0 amide bonds. The zero-order valence-corrected chi connectivity index (χ0v) is 22.7. The molecule has 0 spiro atoms. The minimum absolute atomic E-state index is 0. The molecule has 0 aromatic heterocycles. The van der Waals surface area contributed by atoms with Gasteiger partial charge >= 0.3 is 0 Å². The summed E-state index contributed by atoms with van der Waals surface area (Å²) in [6.07, 6.45) is 0. The van der Waals surface area contributed by atoms with E-state index in [1.165, 1.54) is 22.3 Å². The zero-order valence-electron chi connectivity index (χ0n) is 21.1. The lowest BCUT2D eigenvalue weighted by Gasteiger charge is -2.08. The smallest absolute Gasteiger partial charge is 0.230 e. The highest BCUT2D eigenvalue weighted by Gasteiger charge is 1.96. The van der Waals surface area contributed by atoms with Crippen molar-refractivity contribution >= 4 is 24.8 Å². The predicted octanol–water partition coefficient (Wildman–Crippen LogP) is 8.28. The normalized spacial score (nSPS) is 9.44. The van der Waals surface area contributed by atoms with E-state index in [1.54, 1.807) is 0 Å². The van der Waals surface area contributed by atoms with Crippen molar-refractivity contribution in [3.05, 3.63) is 119 Å². The summed E-state index contributed by atoms with van der Waals surface area (Å²) in [6.45, 7) is 8.65. The molecule has 0 aliphatic heterocycles. The summed E-state index contributed by atoms with van der Waals surface area (Å²) in [5.41, 5.74) is 4.88. The average Bonchev–Trinajstić information content (AvgIpc) is 2.85. The Morgan fingerprint density at radius 2 is 0.500 bits per heavy atom. The van der Waals surface area contributed by atoms with Gasteiger partial charge in [0, 0.05) is 0 Å². The Morgan fingerprint density at radius 3 is 0.667 bits per heavy atom. The van der Waals surface area contributed by atoms with Crippen molar-refractivity contribution in [3.63, 3.8) is 0 Å². The van der Waals surface area contributed by atoms with Crippen LogP contribution in [0.1, 0.15) is 22.3 Å². The van der Waals surface area contributed by atoms with Crippen LogP contribution in [-0.4, -0.2) is 13.6 Å². The summed E-state index contributed by atoms with van der Waals surface area (Å²) < 4.78 is 21.9. The van der Waals surface area contributed by atoms with Gasteiger partial charge in [-0.3, -0.25) is 0 Å². The van der Waals surface area contributed by atoms with Gasteiger partial charge in [0.05, 0.1) is 0 Å². The Balaban J connectivity index is 0.000000341. The van der Waals surface area contributed by atoms with Crippen molar-refractivity contribution < 1.29 is 18.9 Å². The molecule has 4 nitrogen and oxygen atoms in total. The first-order chi connectivity index (χ1) is 16.5. The summed E-state index contributed by atoms with van der Waals surface area (Å²) >= 11 is 0. The molecule has 4 aromatic carbocycles. The molecule has 4 aromatic rings. The molecule has 192 valence electrons. The van der Waals surface area contributed by atoms with Crippen LogP contribution in [0.4, 0.5) is 0 Å². The first-order valence-electron chi connectivity index (χ1n) is 11.3. The van der Waals surface area contributed by atoms with Gasteiger partial charge in [-0.1, -0.05) is 70.8 Å². The zero-order chi connectivity index (χ0) is 24.2. The number of aryl methyl sites for hydroxylation is 4. The molecule has 0 radical (unpaired) electrons. The maximum Gasteiger partial charge on any atom is 0.230 e. The van der Waals surface area contributed by atoms with Gasteiger partial charge in [0.25, 0.3) is 0 Å². The topological polar surface area (TPSA) is 36.9 Å². The maximum absolute atomic E-state index is 5.47. The Morgan fingerprint density at radius 1 is 0.333 bits per heavy atom. The number of halogens is 2. The van der Waals surface area contributed by atoms with Crippen LogP contribution in [0.5, 0.6) is 23.0 Å². The molecule has 0 aliphatic carbocycles. The summed E-state index contributed by atoms with van der Waals surface area (Å²) in [7, 11) is 0. The van der Waals surface area contributed by atoms with Crippen LogP contribution in [-0.2, 0) is 0 Å². The van der Waals surface area contributed by atoms with Gasteiger partial charge in [-0.15, -0.1) is 24.8 Å². The molecule has 0 aliphatic rings. The van der Waals surface area contributed by atoms with E-state index < -0.39 is 0 Å². The average molecular weight is 530 g/mol. The van der Waals surface area contributed by atoms with Crippen molar-refractivity contribution in [3.8, 4) is 23.0 Å². The number of ether oxygens (including phenoxy) is 4. The van der Waals surface area contributed by atoms with Crippen LogP contribution in [0.15, 0.2) is 97.1 Å². The van der Waals surface area contributed by atoms with Gasteiger partial charge in [0.2, 0.25) is 13.6 Å². The Kier molecular flexibility index (Phi) is 13.9. The third-order valence-corrected chi connectivity index (χ3v) is 4.99. The first kappa shape index (κ1) is 30.7. The van der Waals surface area contributed by atoms with Crippen LogP contribution < -0.4 is 18.9 Å². The monoisotopic (exact) mass is 528 g/mol. The van der Waals surface area contributed by atoms with Gasteiger partial charge in [0.1, 0.15) is 23.0 Å². The van der Waals surface area contributed by atoms with E-state index in [-0.39, 0.29) is 38.4 Å². The van der Waals surface area contributed by atoms with E-state index in [9.17, 15) is 0 Å². The van der Waals surface area contributed by atoms with Gasteiger partial charge in [-0.2, -0.15) is 0 Å². The molecule has 36 heavy (non-hydrogen) atoms. The summed E-state index contributed by atoms with van der Waals surface area (Å²) in [4.78, 5) is 0. The fourth-order valence-corrected chi connectivity index (χ4v) is 2.87. The quantitative estimate of drug-likeness (QED) is 0.215. The molecule has 0 heterocycles. The van der Waals surface area contributed by atoms with Gasteiger partial charge in [0.15, 0.2) is 0 Å². The minimum atomic E-state index is 0. The molecular formula is C30H34Cl2O4. The third-order valence-electron chi connectivity index (χ3n) is 4.99. The fraction of sp³-hybridized carbons (Fsp3) is 0.200. The van der Waals surface area contributed by atoms with E-state index in [2.05, 4.69) is 0 Å². The second kappa shape index (κ2) is 16.4. The molecule has 0 bridgehead atoms.